The van der Waals surface area contributed by atoms with Gasteiger partial charge in [-0.3, -0.25) is 14.4 Å². The standard InChI is InChI=1S/C21H15Cl2N3OS2/c1-25-20(27)18(29-21(25)28)9-15-12-26(11-14-7-8-16(22)10-17(14)23)24-19(15)13-5-3-2-4-6-13/h2-10,12H,11H2,1H3. The SMILES string of the molecule is CN1C(=O)C(=Cc2cn(Cc3ccc(Cl)cc3Cl)nc2-c2ccccc2)SC1=S. The molecule has 146 valence electrons. The molecule has 1 aliphatic heterocycles. The zero-order valence-electron chi connectivity index (χ0n) is 15.3. The molecule has 4 rings (SSSR count). The van der Waals surface area contributed by atoms with Crippen molar-refractivity contribution < 1.29 is 4.79 Å². The molecule has 4 nitrogen and oxygen atoms in total. The Morgan fingerprint density at radius 3 is 2.59 bits per heavy atom. The summed E-state index contributed by atoms with van der Waals surface area (Å²) < 4.78 is 2.36. The molecule has 0 N–H and O–H groups in total. The summed E-state index contributed by atoms with van der Waals surface area (Å²) in [6, 6.07) is 15.3. The number of thiocarbonyl (C=S) groups is 1. The second-order valence-corrected chi connectivity index (χ2v) is 8.99. The fourth-order valence-corrected chi connectivity index (χ4v) is 4.59. The number of halogens is 2. The topological polar surface area (TPSA) is 38.1 Å². The predicted octanol–water partition coefficient (Wildman–Crippen LogP) is 5.74. The van der Waals surface area contributed by atoms with E-state index in [9.17, 15) is 4.79 Å². The second-order valence-electron chi connectivity index (χ2n) is 6.47. The molecule has 1 aromatic heterocycles. The minimum Gasteiger partial charge on any atom is -0.296 e. The highest BCUT2D eigenvalue weighted by Gasteiger charge is 2.29. The van der Waals surface area contributed by atoms with Crippen LogP contribution in [0.15, 0.2) is 59.6 Å². The fraction of sp³-hybridized carbons (Fsp3) is 0.0952. The van der Waals surface area contributed by atoms with Crippen LogP contribution in [0, 0.1) is 0 Å². The summed E-state index contributed by atoms with van der Waals surface area (Å²) >= 11 is 18.9. The Bertz CT molecular complexity index is 1140. The maximum atomic E-state index is 12.4. The lowest BCUT2D eigenvalue weighted by Crippen LogP contribution is -2.22. The molecule has 8 heteroatoms. The van der Waals surface area contributed by atoms with E-state index in [1.165, 1.54) is 16.7 Å². The third-order valence-electron chi connectivity index (χ3n) is 4.46. The number of hydrogen-bond acceptors (Lipinski definition) is 4. The van der Waals surface area contributed by atoms with E-state index >= 15 is 0 Å². The van der Waals surface area contributed by atoms with Crippen molar-refractivity contribution in [1.82, 2.24) is 14.7 Å². The lowest BCUT2D eigenvalue weighted by atomic mass is 10.1. The van der Waals surface area contributed by atoms with Gasteiger partial charge in [0.15, 0.2) is 0 Å². The lowest BCUT2D eigenvalue weighted by molar-refractivity contribution is -0.121. The highest BCUT2D eigenvalue weighted by Crippen LogP contribution is 2.34. The molecule has 2 aromatic carbocycles. The molecule has 0 saturated carbocycles. The molecule has 2 heterocycles. The number of aromatic nitrogens is 2. The molecule has 1 amide bonds. The van der Waals surface area contributed by atoms with Gasteiger partial charge in [0.25, 0.3) is 5.91 Å². The number of hydrogen-bond donors (Lipinski definition) is 0. The summed E-state index contributed by atoms with van der Waals surface area (Å²) in [5.41, 5.74) is 3.50. The first-order chi connectivity index (χ1) is 13.9. The number of nitrogens with zero attached hydrogens (tertiary/aromatic N) is 3. The molecule has 1 saturated heterocycles. The normalized spacial score (nSPS) is 15.6. The average molecular weight is 460 g/mol. The Labute approximate surface area is 188 Å². The number of carbonyl (C=O) groups is 1. The van der Waals surface area contributed by atoms with Crippen LogP contribution in [0.2, 0.25) is 10.0 Å². The first-order valence-electron chi connectivity index (χ1n) is 8.71. The van der Waals surface area contributed by atoms with Gasteiger partial charge in [-0.2, -0.15) is 5.10 Å². The summed E-state index contributed by atoms with van der Waals surface area (Å²) in [7, 11) is 1.68. The van der Waals surface area contributed by atoms with Gasteiger partial charge < -0.3 is 0 Å². The van der Waals surface area contributed by atoms with Gasteiger partial charge in [0, 0.05) is 34.4 Å². The van der Waals surface area contributed by atoms with Gasteiger partial charge in [-0.15, -0.1) is 0 Å². The first-order valence-corrected chi connectivity index (χ1v) is 10.7. The smallest absolute Gasteiger partial charge is 0.265 e. The fourth-order valence-electron chi connectivity index (χ4n) is 2.96. The number of likely N-dealkylation sites (N-methyl/N-ethyl adjacent to an activating group) is 1. The quantitative estimate of drug-likeness (QED) is 0.368. The van der Waals surface area contributed by atoms with Gasteiger partial charge in [-0.1, -0.05) is 83.6 Å². The van der Waals surface area contributed by atoms with Crippen LogP contribution in [0.3, 0.4) is 0 Å². The third kappa shape index (κ3) is 4.26. The van der Waals surface area contributed by atoms with Crippen molar-refractivity contribution in [2.75, 3.05) is 7.05 Å². The van der Waals surface area contributed by atoms with Gasteiger partial charge in [-0.05, 0) is 23.8 Å². The largest absolute Gasteiger partial charge is 0.296 e. The van der Waals surface area contributed by atoms with Crippen LogP contribution < -0.4 is 0 Å². The number of carbonyl (C=O) groups excluding carboxylic acids is 1. The van der Waals surface area contributed by atoms with Crippen LogP contribution in [0.5, 0.6) is 0 Å². The Morgan fingerprint density at radius 1 is 1.17 bits per heavy atom. The molecular formula is C21H15Cl2N3OS2. The van der Waals surface area contributed by atoms with Crippen LogP contribution in [0.4, 0.5) is 0 Å². The van der Waals surface area contributed by atoms with Crippen LogP contribution in [-0.4, -0.2) is 32.0 Å². The summed E-state index contributed by atoms with van der Waals surface area (Å²) in [4.78, 5) is 14.5. The van der Waals surface area contributed by atoms with E-state index in [1.54, 1.807) is 19.2 Å². The minimum absolute atomic E-state index is 0.104. The van der Waals surface area contributed by atoms with Crippen molar-refractivity contribution in [3.63, 3.8) is 0 Å². The molecule has 3 aromatic rings. The zero-order chi connectivity index (χ0) is 20.5. The Kier molecular flexibility index (Phi) is 5.79. The van der Waals surface area contributed by atoms with Crippen molar-refractivity contribution in [3.8, 4) is 11.3 Å². The molecular weight excluding hydrogens is 445 g/mol. The number of rotatable bonds is 4. The zero-order valence-corrected chi connectivity index (χ0v) is 18.4. The summed E-state index contributed by atoms with van der Waals surface area (Å²) in [6.45, 7) is 0.485. The predicted molar refractivity (Wildman–Crippen MR) is 124 cm³/mol. The van der Waals surface area contributed by atoms with Crippen molar-refractivity contribution in [3.05, 3.63) is 80.8 Å². The maximum Gasteiger partial charge on any atom is 0.265 e. The molecule has 0 radical (unpaired) electrons. The van der Waals surface area contributed by atoms with Crippen LogP contribution in [0.1, 0.15) is 11.1 Å². The Hall–Kier alpha value is -2.12. The summed E-state index contributed by atoms with van der Waals surface area (Å²) in [5, 5.41) is 5.93. The Morgan fingerprint density at radius 2 is 1.93 bits per heavy atom. The molecule has 1 aliphatic rings. The van der Waals surface area contributed by atoms with Gasteiger partial charge >= 0.3 is 0 Å². The highest BCUT2D eigenvalue weighted by atomic mass is 35.5. The van der Waals surface area contributed by atoms with Crippen LogP contribution in [0.25, 0.3) is 17.3 Å². The molecule has 29 heavy (non-hydrogen) atoms. The van der Waals surface area contributed by atoms with E-state index in [2.05, 4.69) is 0 Å². The minimum atomic E-state index is -0.104. The molecule has 1 fully saturated rings. The number of benzene rings is 2. The lowest BCUT2D eigenvalue weighted by Gasteiger charge is -2.05. The van der Waals surface area contributed by atoms with Gasteiger partial charge in [0.2, 0.25) is 0 Å². The van der Waals surface area contributed by atoms with E-state index in [-0.39, 0.29) is 5.91 Å². The van der Waals surface area contributed by atoms with Crippen molar-refractivity contribution in [2.45, 2.75) is 6.54 Å². The van der Waals surface area contributed by atoms with E-state index < -0.39 is 0 Å². The third-order valence-corrected chi connectivity index (χ3v) is 6.53. The van der Waals surface area contributed by atoms with Gasteiger partial charge in [-0.25, -0.2) is 0 Å². The molecule has 0 aliphatic carbocycles. The molecule has 0 spiro atoms. The van der Waals surface area contributed by atoms with Crippen molar-refractivity contribution in [1.29, 1.82) is 0 Å². The first kappa shape index (κ1) is 20.2. The summed E-state index contributed by atoms with van der Waals surface area (Å²) in [6.07, 6.45) is 3.76. The van der Waals surface area contributed by atoms with Crippen molar-refractivity contribution >= 4 is 63.5 Å². The van der Waals surface area contributed by atoms with E-state index in [1.807, 2.05) is 53.4 Å². The number of thioether (sulfide) groups is 1. The van der Waals surface area contributed by atoms with Crippen LogP contribution in [-0.2, 0) is 11.3 Å². The van der Waals surface area contributed by atoms with E-state index in [0.717, 1.165) is 22.4 Å². The summed E-state index contributed by atoms with van der Waals surface area (Å²) in [5.74, 6) is -0.104. The van der Waals surface area contributed by atoms with E-state index in [4.69, 9.17) is 40.5 Å². The number of amides is 1. The molecule has 0 atom stereocenters. The highest BCUT2D eigenvalue weighted by molar-refractivity contribution is 8.26. The van der Waals surface area contributed by atoms with Crippen LogP contribution >= 0.6 is 47.2 Å². The molecule has 0 unspecified atom stereocenters. The maximum absolute atomic E-state index is 12.4. The van der Waals surface area contributed by atoms with Gasteiger partial charge in [0.05, 0.1) is 17.1 Å². The van der Waals surface area contributed by atoms with Crippen molar-refractivity contribution in [2.24, 2.45) is 0 Å². The average Bonchev–Trinajstić information content (AvgIpc) is 3.21. The Balaban J connectivity index is 1.75. The van der Waals surface area contributed by atoms with E-state index in [0.29, 0.717) is 25.8 Å². The second kappa shape index (κ2) is 8.32. The van der Waals surface area contributed by atoms with Gasteiger partial charge in [0.1, 0.15) is 4.32 Å². The molecule has 0 bridgehead atoms. The monoisotopic (exact) mass is 459 g/mol.